The number of ether oxygens (including phenoxy) is 2. The average molecular weight is 284 g/mol. The quantitative estimate of drug-likeness (QED) is 0.726. The molecular formula is C16H28O2S. The van der Waals surface area contributed by atoms with E-state index in [4.69, 9.17) is 9.47 Å². The highest BCUT2D eigenvalue weighted by molar-refractivity contribution is 8.34. The molecule has 0 saturated heterocycles. The lowest BCUT2D eigenvalue weighted by molar-refractivity contribution is 0.176. The van der Waals surface area contributed by atoms with E-state index in [1.807, 2.05) is 0 Å². The lowest BCUT2D eigenvalue weighted by Gasteiger charge is -2.50. The molecular weight excluding hydrogens is 256 g/mol. The molecule has 0 fully saturated rings. The van der Waals surface area contributed by atoms with E-state index in [9.17, 15) is 0 Å². The summed E-state index contributed by atoms with van der Waals surface area (Å²) in [6.45, 7) is 12.5. The molecule has 1 aromatic rings. The number of benzene rings is 1. The van der Waals surface area contributed by atoms with Gasteiger partial charge in [0.05, 0.1) is 11.9 Å². The Morgan fingerprint density at radius 1 is 0.895 bits per heavy atom. The first-order valence-corrected chi connectivity index (χ1v) is 8.94. The summed E-state index contributed by atoms with van der Waals surface area (Å²) in [7, 11) is -1.16. The third-order valence-electron chi connectivity index (χ3n) is 3.34. The van der Waals surface area contributed by atoms with Crippen LogP contribution in [0.5, 0.6) is 0 Å². The van der Waals surface area contributed by atoms with Crippen LogP contribution in [-0.4, -0.2) is 29.8 Å². The van der Waals surface area contributed by atoms with Crippen LogP contribution in [0.25, 0.3) is 0 Å². The van der Waals surface area contributed by atoms with Crippen LogP contribution in [0.2, 0.25) is 0 Å². The van der Waals surface area contributed by atoms with E-state index in [0.29, 0.717) is 0 Å². The molecule has 0 atom stereocenters. The minimum atomic E-state index is -1.16. The average Bonchev–Trinajstić information content (AvgIpc) is 2.39. The molecule has 2 nitrogen and oxygen atoms in total. The van der Waals surface area contributed by atoms with Crippen molar-refractivity contribution in [2.45, 2.75) is 44.3 Å². The smallest absolute Gasteiger partial charge is 0.0830 e. The first-order valence-electron chi connectivity index (χ1n) is 6.97. The van der Waals surface area contributed by atoms with Crippen LogP contribution < -0.4 is 0 Å². The SMILES string of the molecule is CCOCS(COCC)(c1ccccc1)C(C)(C)C. The Hall–Kier alpha value is -0.510. The highest BCUT2D eigenvalue weighted by atomic mass is 32.3. The Labute approximate surface area is 119 Å². The van der Waals surface area contributed by atoms with Crippen LogP contribution in [0.15, 0.2) is 35.2 Å². The lowest BCUT2D eigenvalue weighted by Crippen LogP contribution is -2.32. The van der Waals surface area contributed by atoms with Crippen molar-refractivity contribution in [1.82, 2.24) is 0 Å². The largest absolute Gasteiger partial charge is 0.372 e. The molecule has 0 radical (unpaired) electrons. The standard InChI is InChI=1S/C16H28O2S/c1-6-17-13-19(14-18-7-2,16(3,4)5)15-11-9-8-10-12-15/h8-12H,6-7,13-14H2,1-5H3. The third kappa shape index (κ3) is 3.98. The number of hydrogen-bond donors (Lipinski definition) is 0. The molecule has 0 aliphatic carbocycles. The number of rotatable bonds is 7. The van der Waals surface area contributed by atoms with Gasteiger partial charge >= 0.3 is 0 Å². The van der Waals surface area contributed by atoms with Crippen LogP contribution in [0.1, 0.15) is 34.6 Å². The predicted octanol–water partition coefficient (Wildman–Crippen LogP) is 4.64. The van der Waals surface area contributed by atoms with Gasteiger partial charge in [0.25, 0.3) is 0 Å². The van der Waals surface area contributed by atoms with E-state index in [1.165, 1.54) is 4.90 Å². The molecule has 0 aliphatic rings. The van der Waals surface area contributed by atoms with Crippen molar-refractivity contribution in [3.05, 3.63) is 30.3 Å². The van der Waals surface area contributed by atoms with Gasteiger partial charge in [-0.05, 0) is 35.6 Å². The zero-order valence-electron chi connectivity index (χ0n) is 12.9. The fourth-order valence-corrected chi connectivity index (χ4v) is 5.34. The zero-order valence-corrected chi connectivity index (χ0v) is 13.8. The molecule has 1 aromatic carbocycles. The van der Waals surface area contributed by atoms with E-state index in [-0.39, 0.29) is 4.75 Å². The Morgan fingerprint density at radius 2 is 1.37 bits per heavy atom. The van der Waals surface area contributed by atoms with Gasteiger partial charge in [-0.2, -0.15) is 10.0 Å². The van der Waals surface area contributed by atoms with Crippen molar-refractivity contribution >= 4 is 10.0 Å². The van der Waals surface area contributed by atoms with Crippen LogP contribution in [0.4, 0.5) is 0 Å². The second kappa shape index (κ2) is 7.32. The molecule has 0 bridgehead atoms. The molecule has 0 spiro atoms. The normalized spacial score (nSPS) is 13.5. The van der Waals surface area contributed by atoms with E-state index in [2.05, 4.69) is 65.0 Å². The summed E-state index contributed by atoms with van der Waals surface area (Å²) in [5.74, 6) is 1.55. The lowest BCUT2D eigenvalue weighted by atomic mass is 10.3. The van der Waals surface area contributed by atoms with Gasteiger partial charge in [-0.15, -0.1) is 0 Å². The van der Waals surface area contributed by atoms with Gasteiger partial charge in [-0.1, -0.05) is 39.0 Å². The summed E-state index contributed by atoms with van der Waals surface area (Å²) in [5.41, 5.74) is 0. The molecule has 0 amide bonds. The van der Waals surface area contributed by atoms with E-state index in [0.717, 1.165) is 25.1 Å². The molecule has 0 saturated carbocycles. The van der Waals surface area contributed by atoms with Crippen LogP contribution >= 0.6 is 10.0 Å². The van der Waals surface area contributed by atoms with Crippen LogP contribution in [0.3, 0.4) is 0 Å². The van der Waals surface area contributed by atoms with Gasteiger partial charge in [0.2, 0.25) is 0 Å². The second-order valence-electron chi connectivity index (χ2n) is 5.53. The molecule has 110 valence electrons. The Balaban J connectivity index is 3.18. The molecule has 19 heavy (non-hydrogen) atoms. The molecule has 0 aliphatic heterocycles. The summed E-state index contributed by atoms with van der Waals surface area (Å²) in [6, 6.07) is 10.7. The first-order chi connectivity index (χ1) is 8.98. The fraction of sp³-hybridized carbons (Fsp3) is 0.625. The van der Waals surface area contributed by atoms with Gasteiger partial charge in [0, 0.05) is 13.2 Å². The minimum Gasteiger partial charge on any atom is -0.372 e. The minimum absolute atomic E-state index is 0.151. The molecule has 0 aromatic heterocycles. The van der Waals surface area contributed by atoms with Crippen LogP contribution in [0, 0.1) is 0 Å². The Bertz CT molecular complexity index is 349. The summed E-state index contributed by atoms with van der Waals surface area (Å²) in [6.07, 6.45) is 0. The number of hydrogen-bond acceptors (Lipinski definition) is 2. The highest BCUT2D eigenvalue weighted by Crippen LogP contribution is 2.64. The van der Waals surface area contributed by atoms with Crippen molar-refractivity contribution < 1.29 is 9.47 Å². The summed E-state index contributed by atoms with van der Waals surface area (Å²) in [5, 5.41) is 0. The molecule has 1 rings (SSSR count). The molecule has 0 unspecified atom stereocenters. The van der Waals surface area contributed by atoms with Gasteiger partial charge < -0.3 is 9.47 Å². The van der Waals surface area contributed by atoms with Gasteiger partial charge in [0.1, 0.15) is 0 Å². The van der Waals surface area contributed by atoms with Crippen molar-refractivity contribution in [3.63, 3.8) is 0 Å². The maximum absolute atomic E-state index is 5.83. The molecule has 0 N–H and O–H groups in total. The topological polar surface area (TPSA) is 18.5 Å². The summed E-state index contributed by atoms with van der Waals surface area (Å²) in [4.78, 5) is 1.38. The van der Waals surface area contributed by atoms with Gasteiger partial charge in [-0.3, -0.25) is 0 Å². The second-order valence-corrected chi connectivity index (χ2v) is 9.46. The van der Waals surface area contributed by atoms with Gasteiger partial charge in [0.15, 0.2) is 0 Å². The van der Waals surface area contributed by atoms with E-state index in [1.54, 1.807) is 0 Å². The maximum Gasteiger partial charge on any atom is 0.0830 e. The Kier molecular flexibility index (Phi) is 6.37. The van der Waals surface area contributed by atoms with Crippen molar-refractivity contribution in [3.8, 4) is 0 Å². The van der Waals surface area contributed by atoms with E-state index >= 15 is 0 Å². The van der Waals surface area contributed by atoms with Crippen LogP contribution in [-0.2, 0) is 9.47 Å². The third-order valence-corrected chi connectivity index (χ3v) is 8.00. The summed E-state index contributed by atoms with van der Waals surface area (Å²) >= 11 is 0. The van der Waals surface area contributed by atoms with Crippen molar-refractivity contribution in [2.75, 3.05) is 25.1 Å². The maximum atomic E-state index is 5.83. The Morgan fingerprint density at radius 3 is 1.74 bits per heavy atom. The van der Waals surface area contributed by atoms with E-state index < -0.39 is 10.0 Å². The summed E-state index contributed by atoms with van der Waals surface area (Å²) < 4.78 is 11.8. The van der Waals surface area contributed by atoms with Crippen molar-refractivity contribution in [1.29, 1.82) is 0 Å². The highest BCUT2D eigenvalue weighted by Gasteiger charge is 2.38. The fourth-order valence-electron chi connectivity index (χ4n) is 2.01. The van der Waals surface area contributed by atoms with Crippen molar-refractivity contribution in [2.24, 2.45) is 0 Å². The first kappa shape index (κ1) is 16.5. The zero-order chi connectivity index (χ0) is 14.4. The predicted molar refractivity (Wildman–Crippen MR) is 85.0 cm³/mol. The molecule has 0 heterocycles. The monoisotopic (exact) mass is 284 g/mol. The van der Waals surface area contributed by atoms with Gasteiger partial charge in [-0.25, -0.2) is 0 Å². The molecule has 3 heteroatoms.